The zero-order valence-electron chi connectivity index (χ0n) is 14.4. The Bertz CT molecular complexity index is 1120. The molecular formula is C22H19NO3. The summed E-state index contributed by atoms with van der Waals surface area (Å²) in [6.45, 7) is 2.12. The molecule has 0 amide bonds. The van der Waals surface area contributed by atoms with Crippen molar-refractivity contribution in [3.63, 3.8) is 0 Å². The van der Waals surface area contributed by atoms with Gasteiger partial charge in [-0.3, -0.25) is 0 Å². The first-order valence-electron chi connectivity index (χ1n) is 9.10. The summed E-state index contributed by atoms with van der Waals surface area (Å²) < 4.78 is 11.5. The molecule has 4 heteroatoms. The Hall–Kier alpha value is -3.01. The standard InChI is InChI=1S/C22H19NO3/c24-22-18(21-13-15-6-2-3-7-19(15)25-21)12-16-8-9-17(14-20(16)26-22)23-10-4-1-5-11-23/h2-3,6-9,12-14H,1,4-5,10-11H2. The smallest absolute Gasteiger partial charge is 0.347 e. The lowest BCUT2D eigenvalue weighted by Crippen LogP contribution is -2.29. The zero-order valence-corrected chi connectivity index (χ0v) is 14.4. The molecule has 0 atom stereocenters. The fourth-order valence-electron chi connectivity index (χ4n) is 3.74. The summed E-state index contributed by atoms with van der Waals surface area (Å²) in [6.07, 6.45) is 3.72. The molecule has 26 heavy (non-hydrogen) atoms. The van der Waals surface area contributed by atoms with Crippen LogP contribution in [-0.4, -0.2) is 13.1 Å². The number of nitrogens with zero attached hydrogens (tertiary/aromatic N) is 1. The van der Waals surface area contributed by atoms with Crippen LogP contribution in [0.4, 0.5) is 5.69 Å². The number of hydrogen-bond acceptors (Lipinski definition) is 4. The first-order chi connectivity index (χ1) is 12.8. The summed E-state index contributed by atoms with van der Waals surface area (Å²) >= 11 is 0. The Balaban J connectivity index is 1.59. The van der Waals surface area contributed by atoms with Gasteiger partial charge in [-0.2, -0.15) is 0 Å². The van der Waals surface area contributed by atoms with Crippen LogP contribution in [0.2, 0.25) is 0 Å². The monoisotopic (exact) mass is 345 g/mol. The van der Waals surface area contributed by atoms with Gasteiger partial charge in [0.2, 0.25) is 0 Å². The molecule has 0 N–H and O–H groups in total. The maximum Gasteiger partial charge on any atom is 0.347 e. The van der Waals surface area contributed by atoms with Crippen molar-refractivity contribution in [3.05, 3.63) is 65.0 Å². The lowest BCUT2D eigenvalue weighted by Gasteiger charge is -2.28. The topological polar surface area (TPSA) is 46.6 Å². The first-order valence-corrected chi connectivity index (χ1v) is 9.10. The van der Waals surface area contributed by atoms with Crippen LogP contribution in [0.3, 0.4) is 0 Å². The van der Waals surface area contributed by atoms with Gasteiger partial charge in [0.25, 0.3) is 0 Å². The summed E-state index contributed by atoms with van der Waals surface area (Å²) in [7, 11) is 0. The van der Waals surface area contributed by atoms with Crippen molar-refractivity contribution < 1.29 is 8.83 Å². The lowest BCUT2D eigenvalue weighted by atomic mass is 10.1. The van der Waals surface area contributed by atoms with Gasteiger partial charge in [-0.1, -0.05) is 18.2 Å². The number of anilines is 1. The van der Waals surface area contributed by atoms with Crippen molar-refractivity contribution in [2.75, 3.05) is 18.0 Å². The molecule has 4 nitrogen and oxygen atoms in total. The lowest BCUT2D eigenvalue weighted by molar-refractivity contribution is 0.554. The number of fused-ring (bicyclic) bond motifs is 2. The number of piperidine rings is 1. The summed E-state index contributed by atoms with van der Waals surface area (Å²) in [6, 6.07) is 17.6. The molecule has 1 fully saturated rings. The number of rotatable bonds is 2. The van der Waals surface area contributed by atoms with E-state index in [4.69, 9.17) is 8.83 Å². The number of para-hydroxylation sites is 1. The van der Waals surface area contributed by atoms with E-state index >= 15 is 0 Å². The van der Waals surface area contributed by atoms with Crippen LogP contribution in [0.1, 0.15) is 19.3 Å². The van der Waals surface area contributed by atoms with Gasteiger partial charge in [-0.25, -0.2) is 4.79 Å². The summed E-state index contributed by atoms with van der Waals surface area (Å²) in [5, 5.41) is 1.88. The Morgan fingerprint density at radius 1 is 0.769 bits per heavy atom. The molecule has 0 aliphatic carbocycles. The predicted octanol–water partition coefficient (Wildman–Crippen LogP) is 5.20. The van der Waals surface area contributed by atoms with E-state index < -0.39 is 0 Å². The van der Waals surface area contributed by atoms with Crippen LogP contribution >= 0.6 is 0 Å². The van der Waals surface area contributed by atoms with Gasteiger partial charge in [-0.05, 0) is 49.6 Å². The van der Waals surface area contributed by atoms with Crippen LogP contribution in [0.15, 0.2) is 68.2 Å². The Kier molecular flexibility index (Phi) is 3.56. The van der Waals surface area contributed by atoms with Crippen molar-refractivity contribution in [1.82, 2.24) is 0 Å². The van der Waals surface area contributed by atoms with Crippen molar-refractivity contribution in [2.45, 2.75) is 19.3 Å². The number of furan rings is 1. The minimum Gasteiger partial charge on any atom is -0.456 e. The average Bonchev–Trinajstić information content (AvgIpc) is 3.11. The van der Waals surface area contributed by atoms with Gasteiger partial charge >= 0.3 is 5.63 Å². The molecular weight excluding hydrogens is 326 g/mol. The largest absolute Gasteiger partial charge is 0.456 e. The fraction of sp³-hybridized carbons (Fsp3) is 0.227. The molecule has 2 aromatic heterocycles. The van der Waals surface area contributed by atoms with Crippen molar-refractivity contribution in [3.8, 4) is 11.3 Å². The maximum absolute atomic E-state index is 12.6. The highest BCUT2D eigenvalue weighted by Crippen LogP contribution is 2.29. The average molecular weight is 345 g/mol. The highest BCUT2D eigenvalue weighted by Gasteiger charge is 2.15. The van der Waals surface area contributed by atoms with Crippen LogP contribution in [0.5, 0.6) is 0 Å². The van der Waals surface area contributed by atoms with Crippen LogP contribution in [0, 0.1) is 0 Å². The molecule has 3 heterocycles. The van der Waals surface area contributed by atoms with Gasteiger partial charge < -0.3 is 13.7 Å². The molecule has 1 aliphatic heterocycles. The second-order valence-corrected chi connectivity index (χ2v) is 6.87. The normalized spacial score (nSPS) is 15.0. The van der Waals surface area contributed by atoms with Crippen LogP contribution in [-0.2, 0) is 0 Å². The Morgan fingerprint density at radius 3 is 2.42 bits per heavy atom. The molecule has 0 spiro atoms. The molecule has 1 aliphatic rings. The van der Waals surface area contributed by atoms with E-state index in [9.17, 15) is 4.79 Å². The highest BCUT2D eigenvalue weighted by molar-refractivity contribution is 5.87. The summed E-state index contributed by atoms with van der Waals surface area (Å²) in [4.78, 5) is 14.9. The van der Waals surface area contributed by atoms with Gasteiger partial charge in [0, 0.05) is 35.6 Å². The zero-order chi connectivity index (χ0) is 17.5. The van der Waals surface area contributed by atoms with Gasteiger partial charge in [-0.15, -0.1) is 0 Å². The van der Waals surface area contributed by atoms with E-state index in [0.717, 1.165) is 35.1 Å². The van der Waals surface area contributed by atoms with Gasteiger partial charge in [0.1, 0.15) is 22.5 Å². The Labute approximate surface area is 150 Å². The fourth-order valence-corrected chi connectivity index (χ4v) is 3.74. The van der Waals surface area contributed by atoms with E-state index in [-0.39, 0.29) is 5.63 Å². The molecule has 4 aromatic rings. The number of benzene rings is 2. The minimum absolute atomic E-state index is 0.368. The van der Waals surface area contributed by atoms with E-state index in [2.05, 4.69) is 11.0 Å². The van der Waals surface area contributed by atoms with Crippen molar-refractivity contribution >= 4 is 27.6 Å². The first kappa shape index (κ1) is 15.3. The highest BCUT2D eigenvalue weighted by atomic mass is 16.4. The van der Waals surface area contributed by atoms with E-state index in [1.807, 2.05) is 48.5 Å². The van der Waals surface area contributed by atoms with Crippen molar-refractivity contribution in [2.24, 2.45) is 0 Å². The van der Waals surface area contributed by atoms with Crippen LogP contribution < -0.4 is 10.5 Å². The third-order valence-corrected chi connectivity index (χ3v) is 5.13. The molecule has 5 rings (SSSR count). The molecule has 0 unspecified atom stereocenters. The van der Waals surface area contributed by atoms with Crippen LogP contribution in [0.25, 0.3) is 33.3 Å². The quantitative estimate of drug-likeness (QED) is 0.469. The predicted molar refractivity (Wildman–Crippen MR) is 104 cm³/mol. The van der Waals surface area contributed by atoms with E-state index in [1.165, 1.54) is 19.3 Å². The molecule has 0 radical (unpaired) electrons. The van der Waals surface area contributed by atoms with Crippen molar-refractivity contribution in [1.29, 1.82) is 0 Å². The summed E-state index contributed by atoms with van der Waals surface area (Å²) in [5.74, 6) is 0.543. The molecule has 1 saturated heterocycles. The second-order valence-electron chi connectivity index (χ2n) is 6.87. The molecule has 0 saturated carbocycles. The maximum atomic E-state index is 12.6. The Morgan fingerprint density at radius 2 is 1.58 bits per heavy atom. The third kappa shape index (κ3) is 2.58. The molecule has 2 aromatic carbocycles. The van der Waals surface area contributed by atoms with Gasteiger partial charge in [0.05, 0.1) is 0 Å². The molecule has 130 valence electrons. The SMILES string of the molecule is O=c1oc2cc(N3CCCCC3)ccc2cc1-c1cc2ccccc2o1. The second kappa shape index (κ2) is 6.06. The van der Waals surface area contributed by atoms with Gasteiger partial charge in [0.15, 0.2) is 0 Å². The van der Waals surface area contributed by atoms with E-state index in [0.29, 0.717) is 16.9 Å². The van der Waals surface area contributed by atoms with E-state index in [1.54, 1.807) is 0 Å². The molecule has 0 bridgehead atoms. The number of hydrogen-bond donors (Lipinski definition) is 0. The minimum atomic E-state index is -0.368. The third-order valence-electron chi connectivity index (χ3n) is 5.13. The summed E-state index contributed by atoms with van der Waals surface area (Å²) in [5.41, 5.74) is 2.60.